The molecule has 0 spiro atoms. The molecule has 0 aliphatic rings. The summed E-state index contributed by atoms with van der Waals surface area (Å²) in [6.45, 7) is 1.26. The largest absolute Gasteiger partial charge is 0.497 e. The van der Waals surface area contributed by atoms with Gasteiger partial charge in [0.25, 0.3) is 5.91 Å². The number of nitrogens with one attached hydrogen (secondary N) is 1. The van der Waals surface area contributed by atoms with Gasteiger partial charge in [0.1, 0.15) is 17.2 Å². The third kappa shape index (κ3) is 4.60. The highest BCUT2D eigenvalue weighted by atomic mass is 16.5. The zero-order chi connectivity index (χ0) is 21.7. The lowest BCUT2D eigenvalue weighted by Gasteiger charge is -2.12. The number of carbonyl (C=O) groups is 2. The summed E-state index contributed by atoms with van der Waals surface area (Å²) in [5.74, 6) is 0.534. The van der Waals surface area contributed by atoms with E-state index in [1.807, 2.05) is 6.07 Å². The van der Waals surface area contributed by atoms with Crippen molar-refractivity contribution in [2.24, 2.45) is 0 Å². The minimum absolute atomic E-state index is 0.283. The Labute approximate surface area is 173 Å². The van der Waals surface area contributed by atoms with E-state index in [0.717, 1.165) is 10.9 Å². The second-order valence-corrected chi connectivity index (χ2v) is 6.37. The van der Waals surface area contributed by atoms with E-state index in [2.05, 4.69) is 10.3 Å². The van der Waals surface area contributed by atoms with Crippen LogP contribution in [0.3, 0.4) is 0 Å². The molecule has 3 rings (SSSR count). The molecule has 0 bridgehead atoms. The number of amides is 1. The molecule has 0 fully saturated rings. The minimum Gasteiger partial charge on any atom is -0.497 e. The summed E-state index contributed by atoms with van der Waals surface area (Å²) in [5, 5.41) is 3.39. The second kappa shape index (κ2) is 9.13. The lowest BCUT2D eigenvalue weighted by Crippen LogP contribution is -2.21. The number of esters is 1. The molecule has 1 aromatic heterocycles. The predicted octanol–water partition coefficient (Wildman–Crippen LogP) is 3.36. The first-order valence-corrected chi connectivity index (χ1v) is 9.09. The molecule has 0 saturated heterocycles. The Bertz CT molecular complexity index is 1100. The molecular weight excluding hydrogens is 388 g/mol. The topological polar surface area (TPSA) is 96.0 Å². The van der Waals surface area contributed by atoms with Gasteiger partial charge in [-0.1, -0.05) is 0 Å². The maximum absolute atomic E-state index is 12.5. The first kappa shape index (κ1) is 20.9. The third-order valence-corrected chi connectivity index (χ3v) is 4.45. The predicted molar refractivity (Wildman–Crippen MR) is 111 cm³/mol. The van der Waals surface area contributed by atoms with Crippen LogP contribution in [0.4, 0.5) is 5.69 Å². The smallest absolute Gasteiger partial charge is 0.340 e. The number of carbonyl (C=O) groups excluding carboxylic acids is 2. The SMILES string of the molecule is COc1ccc(NC(=O)COC(=O)c2cc3cc(OC)ccc3nc2C)c(OC)c1. The molecule has 0 atom stereocenters. The third-order valence-electron chi connectivity index (χ3n) is 4.45. The Hall–Kier alpha value is -3.81. The monoisotopic (exact) mass is 410 g/mol. The van der Waals surface area contributed by atoms with Gasteiger partial charge >= 0.3 is 5.97 Å². The Kier molecular flexibility index (Phi) is 6.36. The second-order valence-electron chi connectivity index (χ2n) is 6.37. The normalized spacial score (nSPS) is 10.4. The van der Waals surface area contributed by atoms with Crippen molar-refractivity contribution < 1.29 is 28.5 Å². The fourth-order valence-corrected chi connectivity index (χ4v) is 2.88. The van der Waals surface area contributed by atoms with E-state index in [1.54, 1.807) is 50.4 Å². The van der Waals surface area contributed by atoms with Crippen LogP contribution in [-0.4, -0.2) is 44.8 Å². The van der Waals surface area contributed by atoms with Crippen LogP contribution >= 0.6 is 0 Å². The van der Waals surface area contributed by atoms with Crippen molar-refractivity contribution in [2.45, 2.75) is 6.92 Å². The molecule has 30 heavy (non-hydrogen) atoms. The molecular formula is C22H22N2O6. The van der Waals surface area contributed by atoms with Gasteiger partial charge in [-0.05, 0) is 43.3 Å². The van der Waals surface area contributed by atoms with Crippen LogP contribution in [0.15, 0.2) is 42.5 Å². The molecule has 2 aromatic carbocycles. The standard InChI is InChI=1S/C22H22N2O6/c1-13-17(10-14-9-15(27-2)5-7-18(14)23-13)22(26)30-12-21(25)24-19-8-6-16(28-3)11-20(19)29-4/h5-11H,12H2,1-4H3,(H,24,25). The number of rotatable bonds is 7. The fraction of sp³-hybridized carbons (Fsp3) is 0.227. The summed E-state index contributed by atoms with van der Waals surface area (Å²) >= 11 is 0. The van der Waals surface area contributed by atoms with E-state index in [4.69, 9.17) is 18.9 Å². The lowest BCUT2D eigenvalue weighted by molar-refractivity contribution is -0.119. The van der Waals surface area contributed by atoms with Crippen molar-refractivity contribution in [1.29, 1.82) is 0 Å². The van der Waals surface area contributed by atoms with E-state index in [-0.39, 0.29) is 5.56 Å². The Morgan fingerprint density at radius 2 is 1.63 bits per heavy atom. The molecule has 0 aliphatic carbocycles. The van der Waals surface area contributed by atoms with Crippen LogP contribution in [0.25, 0.3) is 10.9 Å². The number of fused-ring (bicyclic) bond motifs is 1. The molecule has 0 radical (unpaired) electrons. The molecule has 1 heterocycles. The van der Waals surface area contributed by atoms with Gasteiger partial charge in [-0.15, -0.1) is 0 Å². The van der Waals surface area contributed by atoms with Gasteiger partial charge in [0, 0.05) is 11.5 Å². The fourth-order valence-electron chi connectivity index (χ4n) is 2.88. The zero-order valence-corrected chi connectivity index (χ0v) is 17.1. The van der Waals surface area contributed by atoms with E-state index >= 15 is 0 Å². The van der Waals surface area contributed by atoms with Crippen molar-refractivity contribution in [3.63, 3.8) is 0 Å². The number of methoxy groups -OCH3 is 3. The number of aromatic nitrogens is 1. The van der Waals surface area contributed by atoms with Gasteiger partial charge in [-0.25, -0.2) is 4.79 Å². The number of nitrogens with zero attached hydrogens (tertiary/aromatic N) is 1. The Morgan fingerprint density at radius 3 is 2.33 bits per heavy atom. The first-order valence-electron chi connectivity index (χ1n) is 9.09. The highest BCUT2D eigenvalue weighted by molar-refractivity contribution is 5.98. The van der Waals surface area contributed by atoms with Gasteiger partial charge in [0.15, 0.2) is 6.61 Å². The highest BCUT2D eigenvalue weighted by Gasteiger charge is 2.16. The number of benzene rings is 2. The molecule has 8 nitrogen and oxygen atoms in total. The quantitative estimate of drug-likeness (QED) is 0.597. The van der Waals surface area contributed by atoms with Crippen molar-refractivity contribution in [1.82, 2.24) is 4.98 Å². The van der Waals surface area contributed by atoms with Gasteiger partial charge in [0.2, 0.25) is 0 Å². The van der Waals surface area contributed by atoms with E-state index in [9.17, 15) is 9.59 Å². The molecule has 0 unspecified atom stereocenters. The average Bonchev–Trinajstić information content (AvgIpc) is 2.76. The van der Waals surface area contributed by atoms with Crippen LogP contribution in [-0.2, 0) is 9.53 Å². The van der Waals surface area contributed by atoms with Gasteiger partial charge < -0.3 is 24.3 Å². The maximum Gasteiger partial charge on any atom is 0.340 e. The van der Waals surface area contributed by atoms with Crippen molar-refractivity contribution in [3.05, 3.63) is 53.7 Å². The van der Waals surface area contributed by atoms with Crippen LogP contribution in [0, 0.1) is 6.92 Å². The van der Waals surface area contributed by atoms with Gasteiger partial charge in [-0.3, -0.25) is 9.78 Å². The van der Waals surface area contributed by atoms with Gasteiger partial charge in [-0.2, -0.15) is 0 Å². The minimum atomic E-state index is -0.637. The molecule has 0 saturated carbocycles. The van der Waals surface area contributed by atoms with E-state index < -0.39 is 18.5 Å². The summed E-state index contributed by atoms with van der Waals surface area (Å²) in [7, 11) is 4.58. The zero-order valence-electron chi connectivity index (χ0n) is 17.1. The summed E-state index contributed by atoms with van der Waals surface area (Å²) < 4.78 is 20.7. The Morgan fingerprint density at radius 1 is 0.933 bits per heavy atom. The molecule has 1 N–H and O–H groups in total. The lowest BCUT2D eigenvalue weighted by atomic mass is 10.1. The van der Waals surface area contributed by atoms with Crippen molar-refractivity contribution >= 4 is 28.5 Å². The molecule has 1 amide bonds. The maximum atomic E-state index is 12.5. The van der Waals surface area contributed by atoms with Crippen LogP contribution < -0.4 is 19.5 Å². The van der Waals surface area contributed by atoms with Crippen LogP contribution in [0.1, 0.15) is 16.1 Å². The van der Waals surface area contributed by atoms with Crippen LogP contribution in [0.5, 0.6) is 17.2 Å². The van der Waals surface area contributed by atoms with Crippen LogP contribution in [0.2, 0.25) is 0 Å². The summed E-state index contributed by atoms with van der Waals surface area (Å²) in [4.78, 5) is 29.2. The summed E-state index contributed by atoms with van der Waals surface area (Å²) in [6.07, 6.45) is 0. The number of anilines is 1. The van der Waals surface area contributed by atoms with E-state index in [0.29, 0.717) is 28.6 Å². The number of ether oxygens (including phenoxy) is 4. The summed E-state index contributed by atoms with van der Waals surface area (Å²) in [5.41, 5.74) is 1.96. The number of aryl methyl sites for hydroxylation is 1. The molecule has 0 aliphatic heterocycles. The van der Waals surface area contributed by atoms with Crippen molar-refractivity contribution in [3.8, 4) is 17.2 Å². The number of pyridine rings is 1. The van der Waals surface area contributed by atoms with E-state index in [1.165, 1.54) is 14.2 Å². The highest BCUT2D eigenvalue weighted by Crippen LogP contribution is 2.29. The molecule has 156 valence electrons. The summed E-state index contributed by atoms with van der Waals surface area (Å²) in [6, 6.07) is 12.0. The van der Waals surface area contributed by atoms with Crippen molar-refractivity contribution in [2.75, 3.05) is 33.3 Å². The first-order chi connectivity index (χ1) is 14.4. The molecule has 8 heteroatoms. The molecule has 3 aromatic rings. The number of hydrogen-bond donors (Lipinski definition) is 1. The van der Waals surface area contributed by atoms with Gasteiger partial charge in [0.05, 0.1) is 43.8 Å². The number of hydrogen-bond acceptors (Lipinski definition) is 7. The average molecular weight is 410 g/mol. The Balaban J connectivity index is 1.69.